The highest BCUT2D eigenvalue weighted by Gasteiger charge is 2.18. The summed E-state index contributed by atoms with van der Waals surface area (Å²) in [5, 5.41) is 8.28. The third-order valence-corrected chi connectivity index (χ3v) is 1.58. The molecule has 0 saturated carbocycles. The minimum absolute atomic E-state index is 0.200. The van der Waals surface area contributed by atoms with Crippen LogP contribution in [-0.2, 0) is 23.9 Å². The van der Waals surface area contributed by atoms with Gasteiger partial charge in [-0.1, -0.05) is 0 Å². The number of hydrogen-bond donors (Lipinski definition) is 1. The lowest BCUT2D eigenvalue weighted by Crippen LogP contribution is -2.26. The summed E-state index contributed by atoms with van der Waals surface area (Å²) in [5.74, 6) is -2.35. The van der Waals surface area contributed by atoms with Gasteiger partial charge in [0.25, 0.3) is 0 Å². The summed E-state index contributed by atoms with van der Waals surface area (Å²) in [6.07, 6.45) is -1.49. The van der Waals surface area contributed by atoms with Crippen molar-refractivity contribution in [2.75, 3.05) is 0 Å². The third-order valence-electron chi connectivity index (χ3n) is 1.58. The highest BCUT2D eigenvalue weighted by Crippen LogP contribution is 2.02. The smallest absolute Gasteiger partial charge is 0.307 e. The number of esters is 1. The van der Waals surface area contributed by atoms with Crippen LogP contribution < -0.4 is 0 Å². The molecule has 0 aromatic carbocycles. The Morgan fingerprint density at radius 1 is 1.33 bits per heavy atom. The normalized spacial score (nSPS) is 11.5. The Labute approximate surface area is 86.2 Å². The number of carbonyl (C=O) groups is 4. The van der Waals surface area contributed by atoms with Crippen LogP contribution in [0.2, 0.25) is 0 Å². The second kappa shape index (κ2) is 6.69. The zero-order chi connectivity index (χ0) is 11.8. The zero-order valence-corrected chi connectivity index (χ0v) is 8.26. The zero-order valence-electron chi connectivity index (χ0n) is 8.26. The van der Waals surface area contributed by atoms with Gasteiger partial charge in [0.1, 0.15) is 6.29 Å². The minimum Gasteiger partial charge on any atom is -0.481 e. The van der Waals surface area contributed by atoms with E-state index in [1.165, 1.54) is 6.92 Å². The number of carboxylic acid groups (broad SMARTS) is 1. The van der Waals surface area contributed by atoms with Crippen LogP contribution in [0.25, 0.3) is 0 Å². The van der Waals surface area contributed by atoms with Crippen LogP contribution in [0, 0.1) is 0 Å². The summed E-state index contributed by atoms with van der Waals surface area (Å²) >= 11 is 0. The number of aliphatic carboxylic acids is 1. The number of hydrogen-bond acceptors (Lipinski definition) is 5. The van der Waals surface area contributed by atoms with Gasteiger partial charge < -0.3 is 14.6 Å². The van der Waals surface area contributed by atoms with Gasteiger partial charge in [0.2, 0.25) is 0 Å². The first kappa shape index (κ1) is 13.3. The fourth-order valence-corrected chi connectivity index (χ4v) is 0.811. The molecule has 0 bridgehead atoms. The molecule has 0 radical (unpaired) electrons. The number of ketones is 1. The predicted molar refractivity (Wildman–Crippen MR) is 48.1 cm³/mol. The van der Waals surface area contributed by atoms with Crippen LogP contribution in [0.5, 0.6) is 0 Å². The molecule has 0 heterocycles. The Morgan fingerprint density at radius 3 is 2.33 bits per heavy atom. The molecular weight excluding hydrogens is 204 g/mol. The number of ether oxygens (including phenoxy) is 1. The number of aldehydes is 1. The lowest BCUT2D eigenvalue weighted by Gasteiger charge is -2.11. The van der Waals surface area contributed by atoms with Gasteiger partial charge >= 0.3 is 11.9 Å². The lowest BCUT2D eigenvalue weighted by molar-refractivity contribution is -0.156. The van der Waals surface area contributed by atoms with E-state index in [0.29, 0.717) is 6.29 Å². The summed E-state index contributed by atoms with van der Waals surface area (Å²) < 4.78 is 4.62. The Hall–Kier alpha value is -1.72. The van der Waals surface area contributed by atoms with Crippen molar-refractivity contribution in [3.05, 3.63) is 0 Å². The van der Waals surface area contributed by atoms with Crippen LogP contribution >= 0.6 is 0 Å². The first-order valence-electron chi connectivity index (χ1n) is 4.32. The van der Waals surface area contributed by atoms with E-state index in [1.807, 2.05) is 0 Å². The maximum absolute atomic E-state index is 11.0. The van der Waals surface area contributed by atoms with Gasteiger partial charge in [-0.2, -0.15) is 0 Å². The Bertz CT molecular complexity index is 270. The SMILES string of the molecule is CC(=O)C(CC=O)OC(=O)CCC(=O)O. The van der Waals surface area contributed by atoms with E-state index < -0.39 is 23.8 Å². The third kappa shape index (κ3) is 6.36. The summed E-state index contributed by atoms with van der Waals surface area (Å²) in [7, 11) is 0. The van der Waals surface area contributed by atoms with Gasteiger partial charge in [-0.05, 0) is 6.92 Å². The van der Waals surface area contributed by atoms with E-state index in [-0.39, 0.29) is 19.3 Å². The molecule has 6 nitrogen and oxygen atoms in total. The molecule has 0 amide bonds. The largest absolute Gasteiger partial charge is 0.481 e. The summed E-state index contributed by atoms with van der Waals surface area (Å²) in [6.45, 7) is 1.19. The quantitative estimate of drug-likeness (QED) is 0.473. The van der Waals surface area contributed by atoms with Crippen LogP contribution in [0.1, 0.15) is 26.2 Å². The predicted octanol–water partition coefficient (Wildman–Crippen LogP) is -0.0590. The fourth-order valence-electron chi connectivity index (χ4n) is 0.811. The van der Waals surface area contributed by atoms with Crippen molar-refractivity contribution in [2.24, 2.45) is 0 Å². The topological polar surface area (TPSA) is 97.7 Å². The van der Waals surface area contributed by atoms with E-state index in [2.05, 4.69) is 4.74 Å². The number of carboxylic acids is 1. The summed E-state index contributed by atoms with van der Waals surface area (Å²) in [5.41, 5.74) is 0. The van der Waals surface area contributed by atoms with Gasteiger partial charge in [-0.15, -0.1) is 0 Å². The molecule has 15 heavy (non-hydrogen) atoms. The van der Waals surface area contributed by atoms with E-state index in [1.54, 1.807) is 0 Å². The molecule has 84 valence electrons. The van der Waals surface area contributed by atoms with Crippen molar-refractivity contribution in [1.82, 2.24) is 0 Å². The van der Waals surface area contributed by atoms with Crippen molar-refractivity contribution < 1.29 is 29.0 Å². The van der Waals surface area contributed by atoms with E-state index in [0.717, 1.165) is 0 Å². The minimum atomic E-state index is -1.12. The fraction of sp³-hybridized carbons (Fsp3) is 0.556. The molecular formula is C9H12O6. The van der Waals surface area contributed by atoms with Gasteiger partial charge in [0.15, 0.2) is 11.9 Å². The molecule has 0 saturated heterocycles. The van der Waals surface area contributed by atoms with E-state index in [4.69, 9.17) is 5.11 Å². The van der Waals surface area contributed by atoms with E-state index in [9.17, 15) is 19.2 Å². The van der Waals surface area contributed by atoms with Crippen molar-refractivity contribution in [3.63, 3.8) is 0 Å². The maximum atomic E-state index is 11.0. The number of Topliss-reactive ketones (excluding diaryl/α,β-unsaturated/α-hetero) is 1. The first-order valence-corrected chi connectivity index (χ1v) is 4.32. The molecule has 0 aliphatic carbocycles. The van der Waals surface area contributed by atoms with Crippen molar-refractivity contribution in [2.45, 2.75) is 32.3 Å². The molecule has 0 spiro atoms. The Morgan fingerprint density at radius 2 is 1.93 bits per heavy atom. The first-order chi connectivity index (χ1) is 6.97. The molecule has 1 unspecified atom stereocenters. The summed E-state index contributed by atoms with van der Waals surface area (Å²) in [6, 6.07) is 0. The van der Waals surface area contributed by atoms with Crippen LogP contribution in [0.3, 0.4) is 0 Å². The molecule has 6 heteroatoms. The van der Waals surface area contributed by atoms with Gasteiger partial charge in [-0.3, -0.25) is 14.4 Å². The molecule has 0 aromatic rings. The van der Waals surface area contributed by atoms with Crippen molar-refractivity contribution >= 4 is 24.0 Å². The van der Waals surface area contributed by atoms with Gasteiger partial charge in [0.05, 0.1) is 12.8 Å². The van der Waals surface area contributed by atoms with Crippen LogP contribution in [0.4, 0.5) is 0 Å². The Balaban J connectivity index is 4.05. The highest BCUT2D eigenvalue weighted by atomic mass is 16.5. The molecule has 1 N–H and O–H groups in total. The molecule has 1 atom stereocenters. The van der Waals surface area contributed by atoms with Crippen LogP contribution in [-0.4, -0.2) is 35.2 Å². The molecule has 0 aliphatic heterocycles. The van der Waals surface area contributed by atoms with Gasteiger partial charge in [0, 0.05) is 6.42 Å². The average Bonchev–Trinajstić information content (AvgIpc) is 2.14. The highest BCUT2D eigenvalue weighted by molar-refractivity contribution is 5.86. The number of rotatable bonds is 7. The Kier molecular flexibility index (Phi) is 5.92. The molecule has 0 fully saturated rings. The molecule has 0 rings (SSSR count). The molecule has 0 aromatic heterocycles. The van der Waals surface area contributed by atoms with E-state index >= 15 is 0 Å². The van der Waals surface area contributed by atoms with Gasteiger partial charge in [-0.25, -0.2) is 0 Å². The monoisotopic (exact) mass is 216 g/mol. The average molecular weight is 216 g/mol. The second-order valence-electron chi connectivity index (χ2n) is 2.89. The lowest BCUT2D eigenvalue weighted by atomic mass is 10.2. The van der Waals surface area contributed by atoms with Crippen molar-refractivity contribution in [1.29, 1.82) is 0 Å². The summed E-state index contributed by atoms with van der Waals surface area (Å²) in [4.78, 5) is 42.1. The second-order valence-corrected chi connectivity index (χ2v) is 2.89. The maximum Gasteiger partial charge on any atom is 0.307 e. The van der Waals surface area contributed by atoms with Crippen LogP contribution in [0.15, 0.2) is 0 Å². The van der Waals surface area contributed by atoms with Crippen molar-refractivity contribution in [3.8, 4) is 0 Å². The number of carbonyl (C=O) groups excluding carboxylic acids is 3. The molecule has 0 aliphatic rings. The standard InChI is InChI=1S/C9H12O6/c1-6(11)7(4-5-10)15-9(14)3-2-8(12)13/h5,7H,2-4H2,1H3,(H,12,13).